The molecule has 0 saturated carbocycles. The largest absolute Gasteiger partial charge is 0.507 e. The fourth-order valence-electron chi connectivity index (χ4n) is 4.93. The number of halogens is 1. The molecule has 1 atom stereocenters. The minimum atomic E-state index is -0.822. The van der Waals surface area contributed by atoms with E-state index in [1.54, 1.807) is 36.4 Å². The van der Waals surface area contributed by atoms with E-state index in [1.807, 2.05) is 73.7 Å². The normalized spacial score (nSPS) is 16.1. The van der Waals surface area contributed by atoms with E-state index in [-0.39, 0.29) is 17.9 Å². The summed E-state index contributed by atoms with van der Waals surface area (Å²) in [4.78, 5) is 28.4. The molecule has 6 nitrogen and oxygen atoms in total. The van der Waals surface area contributed by atoms with Gasteiger partial charge in [-0.3, -0.25) is 9.59 Å². The average molecular weight is 568 g/mol. The van der Waals surface area contributed by atoms with Crippen LogP contribution in [0.15, 0.2) is 109 Å². The van der Waals surface area contributed by atoms with Gasteiger partial charge in [-0.2, -0.15) is 0 Å². The van der Waals surface area contributed by atoms with Crippen LogP contribution in [0.5, 0.6) is 11.5 Å². The Morgan fingerprint density at radius 3 is 2.15 bits per heavy atom. The number of Topliss-reactive ketones (excluding diaryl/α,β-unsaturated/α-hetero) is 1. The number of carbonyl (C=O) groups is 2. The van der Waals surface area contributed by atoms with Crippen molar-refractivity contribution in [2.45, 2.75) is 26.0 Å². The molecule has 1 N–H and O–H groups in total. The zero-order chi connectivity index (χ0) is 28.8. The number of aliphatic hydroxyl groups is 1. The second-order valence-corrected chi connectivity index (χ2v) is 10.1. The standard InChI is InChI=1S/C34H30ClNO5/c1-2-40-29-21-26(15-18-28(29)41-22-24-11-7-4-8-12-24)31-30(32(37)25-13-16-27(35)17-14-25)33(38)34(39)36(31)20-19-23-9-5-3-6-10-23/h3-18,21,31,37H,2,19-20,22H2,1H3/b32-30+. The van der Waals surface area contributed by atoms with Gasteiger partial charge in [0.1, 0.15) is 12.4 Å². The third-order valence-electron chi connectivity index (χ3n) is 6.96. The summed E-state index contributed by atoms with van der Waals surface area (Å²) in [6.07, 6.45) is 0.544. The number of nitrogens with zero attached hydrogens (tertiary/aromatic N) is 1. The highest BCUT2D eigenvalue weighted by molar-refractivity contribution is 6.46. The topological polar surface area (TPSA) is 76.1 Å². The molecule has 1 amide bonds. The molecule has 0 aromatic heterocycles. The minimum Gasteiger partial charge on any atom is -0.507 e. The van der Waals surface area contributed by atoms with Crippen LogP contribution in [0.4, 0.5) is 0 Å². The van der Waals surface area contributed by atoms with Gasteiger partial charge in [0, 0.05) is 17.1 Å². The van der Waals surface area contributed by atoms with Crippen LogP contribution in [-0.4, -0.2) is 34.8 Å². The molecule has 1 fully saturated rings. The van der Waals surface area contributed by atoms with Crippen molar-refractivity contribution in [3.05, 3.63) is 136 Å². The van der Waals surface area contributed by atoms with E-state index in [4.69, 9.17) is 21.1 Å². The number of ether oxygens (including phenoxy) is 2. The molecule has 1 aliphatic heterocycles. The van der Waals surface area contributed by atoms with E-state index in [1.165, 1.54) is 4.90 Å². The number of benzene rings is 4. The van der Waals surface area contributed by atoms with Gasteiger partial charge in [-0.15, -0.1) is 0 Å². The predicted molar refractivity (Wildman–Crippen MR) is 159 cm³/mol. The Morgan fingerprint density at radius 1 is 0.829 bits per heavy atom. The van der Waals surface area contributed by atoms with Crippen molar-refractivity contribution >= 4 is 29.1 Å². The fourth-order valence-corrected chi connectivity index (χ4v) is 5.06. The summed E-state index contributed by atoms with van der Waals surface area (Å²) in [5.41, 5.74) is 3.09. The number of hydrogen-bond acceptors (Lipinski definition) is 5. The smallest absolute Gasteiger partial charge is 0.295 e. The summed E-state index contributed by atoms with van der Waals surface area (Å²) in [6.45, 7) is 2.91. The first-order valence-corrected chi connectivity index (χ1v) is 13.9. The molecule has 0 bridgehead atoms. The SMILES string of the molecule is CCOc1cc(C2/C(=C(\O)c3ccc(Cl)cc3)C(=O)C(=O)N2CCc2ccccc2)ccc1OCc1ccccc1. The Morgan fingerprint density at radius 2 is 1.49 bits per heavy atom. The van der Waals surface area contributed by atoms with E-state index in [0.29, 0.717) is 47.3 Å². The van der Waals surface area contributed by atoms with Crippen LogP contribution in [0.1, 0.15) is 35.2 Å². The van der Waals surface area contributed by atoms with Gasteiger partial charge in [0.05, 0.1) is 18.2 Å². The summed E-state index contributed by atoms with van der Waals surface area (Å²) in [6, 6.07) is 30.6. The maximum Gasteiger partial charge on any atom is 0.295 e. The molecular formula is C34H30ClNO5. The Hall–Kier alpha value is -4.55. The van der Waals surface area contributed by atoms with Crippen molar-refractivity contribution in [1.29, 1.82) is 0 Å². The third kappa shape index (κ3) is 6.28. The molecule has 4 aromatic rings. The number of carbonyl (C=O) groups excluding carboxylic acids is 2. The molecule has 4 aromatic carbocycles. The summed E-state index contributed by atoms with van der Waals surface area (Å²) in [5.74, 6) is -0.629. The Labute approximate surface area is 244 Å². The van der Waals surface area contributed by atoms with Crippen LogP contribution in [0, 0.1) is 0 Å². The monoisotopic (exact) mass is 567 g/mol. The molecule has 208 valence electrons. The molecule has 1 aliphatic rings. The zero-order valence-electron chi connectivity index (χ0n) is 22.6. The van der Waals surface area contributed by atoms with Gasteiger partial charge in [0.15, 0.2) is 11.5 Å². The van der Waals surface area contributed by atoms with E-state index in [9.17, 15) is 14.7 Å². The molecule has 5 rings (SSSR count). The van der Waals surface area contributed by atoms with Crippen molar-refractivity contribution in [2.75, 3.05) is 13.2 Å². The molecule has 1 unspecified atom stereocenters. The summed E-state index contributed by atoms with van der Waals surface area (Å²) >= 11 is 6.05. The van der Waals surface area contributed by atoms with Gasteiger partial charge in [0.25, 0.3) is 11.7 Å². The Kier molecular flexibility index (Phi) is 8.70. The van der Waals surface area contributed by atoms with Crippen LogP contribution in [0.2, 0.25) is 5.02 Å². The van der Waals surface area contributed by atoms with Crippen molar-refractivity contribution in [3.8, 4) is 11.5 Å². The number of likely N-dealkylation sites (tertiary alicyclic amines) is 1. The number of amides is 1. The predicted octanol–water partition coefficient (Wildman–Crippen LogP) is 6.98. The lowest BCUT2D eigenvalue weighted by Crippen LogP contribution is -2.31. The number of rotatable bonds is 10. The van der Waals surface area contributed by atoms with Crippen molar-refractivity contribution < 1.29 is 24.2 Å². The molecule has 0 aliphatic carbocycles. The Balaban J connectivity index is 1.55. The third-order valence-corrected chi connectivity index (χ3v) is 7.21. The molecular weight excluding hydrogens is 538 g/mol. The molecule has 0 spiro atoms. The number of ketones is 1. The van der Waals surface area contributed by atoms with Crippen molar-refractivity contribution in [3.63, 3.8) is 0 Å². The maximum absolute atomic E-state index is 13.4. The zero-order valence-corrected chi connectivity index (χ0v) is 23.4. The first-order chi connectivity index (χ1) is 20.0. The molecule has 0 radical (unpaired) electrons. The van der Waals surface area contributed by atoms with E-state index >= 15 is 0 Å². The lowest BCUT2D eigenvalue weighted by Gasteiger charge is -2.26. The maximum atomic E-state index is 13.4. The lowest BCUT2D eigenvalue weighted by molar-refractivity contribution is -0.139. The van der Waals surface area contributed by atoms with E-state index in [2.05, 4.69) is 0 Å². The van der Waals surface area contributed by atoms with Gasteiger partial charge in [0.2, 0.25) is 0 Å². The van der Waals surface area contributed by atoms with Gasteiger partial charge in [-0.25, -0.2) is 0 Å². The van der Waals surface area contributed by atoms with Gasteiger partial charge < -0.3 is 19.5 Å². The minimum absolute atomic E-state index is 0.0192. The van der Waals surface area contributed by atoms with Crippen LogP contribution >= 0.6 is 11.6 Å². The fraction of sp³-hybridized carbons (Fsp3) is 0.176. The van der Waals surface area contributed by atoms with Crippen LogP contribution < -0.4 is 9.47 Å². The van der Waals surface area contributed by atoms with Crippen LogP contribution in [-0.2, 0) is 22.6 Å². The molecule has 1 heterocycles. The second-order valence-electron chi connectivity index (χ2n) is 9.65. The summed E-state index contributed by atoms with van der Waals surface area (Å²) in [7, 11) is 0. The molecule has 7 heteroatoms. The Bertz CT molecular complexity index is 1550. The van der Waals surface area contributed by atoms with E-state index in [0.717, 1.165) is 11.1 Å². The quantitative estimate of drug-likeness (QED) is 0.127. The van der Waals surface area contributed by atoms with Crippen LogP contribution in [0.25, 0.3) is 5.76 Å². The van der Waals surface area contributed by atoms with Crippen molar-refractivity contribution in [2.24, 2.45) is 0 Å². The van der Waals surface area contributed by atoms with Gasteiger partial charge in [-0.1, -0.05) is 78.3 Å². The second kappa shape index (κ2) is 12.7. The van der Waals surface area contributed by atoms with E-state index < -0.39 is 17.7 Å². The first-order valence-electron chi connectivity index (χ1n) is 13.5. The lowest BCUT2D eigenvalue weighted by atomic mass is 9.94. The summed E-state index contributed by atoms with van der Waals surface area (Å²) < 4.78 is 12.0. The average Bonchev–Trinajstić information content (AvgIpc) is 3.25. The van der Waals surface area contributed by atoms with Crippen molar-refractivity contribution in [1.82, 2.24) is 4.90 Å². The molecule has 41 heavy (non-hydrogen) atoms. The first kappa shape index (κ1) is 28.0. The number of hydrogen-bond donors (Lipinski definition) is 1. The van der Waals surface area contributed by atoms with Crippen LogP contribution in [0.3, 0.4) is 0 Å². The van der Waals surface area contributed by atoms with Gasteiger partial charge in [-0.05, 0) is 66.4 Å². The highest BCUT2D eigenvalue weighted by Crippen LogP contribution is 2.42. The van der Waals surface area contributed by atoms with Gasteiger partial charge >= 0.3 is 0 Å². The number of aliphatic hydroxyl groups excluding tert-OH is 1. The summed E-state index contributed by atoms with van der Waals surface area (Å²) in [5, 5.41) is 11.8. The highest BCUT2D eigenvalue weighted by Gasteiger charge is 2.46. The molecule has 1 saturated heterocycles. The highest BCUT2D eigenvalue weighted by atomic mass is 35.5.